The maximum atomic E-state index is 13.6. The first-order valence-corrected chi connectivity index (χ1v) is 8.70. The van der Waals surface area contributed by atoms with Gasteiger partial charge in [-0.3, -0.25) is 25.2 Å². The second kappa shape index (κ2) is 9.89. The zero-order chi connectivity index (χ0) is 22.4. The van der Waals surface area contributed by atoms with Crippen molar-refractivity contribution in [2.45, 2.75) is 6.42 Å². The summed E-state index contributed by atoms with van der Waals surface area (Å²) in [6.45, 7) is -0.152. The molecule has 2 rings (SSSR count). The van der Waals surface area contributed by atoms with Gasteiger partial charge in [0.2, 0.25) is 11.8 Å². The number of guanidine groups is 1. The van der Waals surface area contributed by atoms with Gasteiger partial charge in [0.25, 0.3) is 5.69 Å². The molecule has 0 unspecified atom stereocenters. The number of nitro groups is 2. The molecule has 2 aromatic carbocycles. The van der Waals surface area contributed by atoms with Crippen LogP contribution in [0.4, 0.5) is 20.2 Å². The molecule has 0 aliphatic rings. The van der Waals surface area contributed by atoms with Gasteiger partial charge >= 0.3 is 5.69 Å². The average molecular weight is 461 g/mol. The molecule has 3 N–H and O–H groups in total. The number of benzene rings is 2. The molecule has 0 aliphatic carbocycles. The second-order valence-corrected chi connectivity index (χ2v) is 6.47. The molecule has 0 aliphatic heterocycles. The normalized spacial score (nSPS) is 11.7. The van der Waals surface area contributed by atoms with Crippen LogP contribution in [0.3, 0.4) is 0 Å². The maximum Gasteiger partial charge on any atom is 0.308 e. The molecule has 0 saturated carbocycles. The lowest BCUT2D eigenvalue weighted by Crippen LogP contribution is -2.27. The zero-order valence-electron chi connectivity index (χ0n) is 14.8. The van der Waals surface area contributed by atoms with E-state index in [0.29, 0.717) is 6.07 Å². The number of nitrogens with one attached hydrogen (secondary N) is 1. The Hall–Kier alpha value is -3.38. The van der Waals surface area contributed by atoms with Gasteiger partial charge in [0, 0.05) is 23.2 Å². The Morgan fingerprint density at radius 1 is 1.13 bits per heavy atom. The minimum atomic E-state index is -1.29. The quantitative estimate of drug-likeness (QED) is 0.279. The summed E-state index contributed by atoms with van der Waals surface area (Å²) in [6, 6.07) is 3.72. The molecule has 2 aromatic rings. The molecule has 0 aromatic heterocycles. The van der Waals surface area contributed by atoms with E-state index in [-0.39, 0.29) is 40.1 Å². The lowest BCUT2D eigenvalue weighted by Gasteiger charge is -2.04. The average Bonchev–Trinajstić information content (AvgIpc) is 2.59. The minimum absolute atomic E-state index is 0.00339. The monoisotopic (exact) mass is 460 g/mol. The third-order valence-corrected chi connectivity index (χ3v) is 4.08. The summed E-state index contributed by atoms with van der Waals surface area (Å²) in [4.78, 5) is 24.2. The molecule has 0 saturated heterocycles. The van der Waals surface area contributed by atoms with Crippen LogP contribution in [0.1, 0.15) is 11.1 Å². The third-order valence-electron chi connectivity index (χ3n) is 3.58. The maximum absolute atomic E-state index is 13.6. The van der Waals surface area contributed by atoms with E-state index >= 15 is 0 Å². The Balaban J connectivity index is 2.08. The standard InChI is InChI=1S/C16H12Cl2F2N6O4/c17-10-3-9(14(25(27)28)12(18)5-10)7-23-24-16(21)22-2-1-8-4-11(19)6-13(20)15(8)26(29)30/h3-7H,1-2H2,(H3,21,22,24). The molecular formula is C16H12Cl2F2N6O4. The minimum Gasteiger partial charge on any atom is -0.369 e. The molecule has 0 bridgehead atoms. The number of hydrogen-bond donors (Lipinski definition) is 2. The highest BCUT2D eigenvalue weighted by Crippen LogP contribution is 2.31. The largest absolute Gasteiger partial charge is 0.369 e. The van der Waals surface area contributed by atoms with Crippen LogP contribution < -0.4 is 11.2 Å². The smallest absolute Gasteiger partial charge is 0.308 e. The summed E-state index contributed by atoms with van der Waals surface area (Å²) >= 11 is 11.6. The fraction of sp³-hybridized carbons (Fsp3) is 0.125. The highest BCUT2D eigenvalue weighted by molar-refractivity contribution is 6.36. The molecule has 0 radical (unpaired) electrons. The number of halogens is 4. The van der Waals surface area contributed by atoms with Crippen molar-refractivity contribution in [1.82, 2.24) is 5.43 Å². The van der Waals surface area contributed by atoms with Gasteiger partial charge in [0.05, 0.1) is 21.6 Å². The van der Waals surface area contributed by atoms with Crippen molar-refractivity contribution in [3.63, 3.8) is 0 Å². The molecule has 158 valence electrons. The second-order valence-electron chi connectivity index (χ2n) is 5.62. The van der Waals surface area contributed by atoms with Crippen molar-refractivity contribution < 1.29 is 18.6 Å². The number of nitrogens with zero attached hydrogens (tertiary/aromatic N) is 4. The summed E-state index contributed by atoms with van der Waals surface area (Å²) in [6.07, 6.45) is 0.873. The number of rotatable bonds is 7. The molecule has 0 atom stereocenters. The molecule has 14 heteroatoms. The van der Waals surface area contributed by atoms with E-state index in [1.54, 1.807) is 0 Å². The van der Waals surface area contributed by atoms with E-state index in [9.17, 15) is 29.0 Å². The van der Waals surface area contributed by atoms with E-state index in [1.165, 1.54) is 12.1 Å². The Bertz CT molecular complexity index is 1060. The van der Waals surface area contributed by atoms with Crippen LogP contribution in [0, 0.1) is 31.9 Å². The van der Waals surface area contributed by atoms with Crippen LogP contribution in [0.25, 0.3) is 0 Å². The van der Waals surface area contributed by atoms with Crippen LogP contribution in [-0.4, -0.2) is 28.6 Å². The van der Waals surface area contributed by atoms with Crippen molar-refractivity contribution in [1.29, 1.82) is 0 Å². The van der Waals surface area contributed by atoms with Crippen LogP contribution >= 0.6 is 23.2 Å². The molecule has 0 amide bonds. The molecule has 0 heterocycles. The number of aliphatic imine (C=N–C) groups is 1. The first-order valence-electron chi connectivity index (χ1n) is 7.95. The SMILES string of the molecule is NC(=NCCc1cc(F)cc(F)c1[N+](=O)[O-])NN=Cc1cc(Cl)cc(Cl)c1[N+](=O)[O-]. The Morgan fingerprint density at radius 3 is 2.43 bits per heavy atom. The first kappa shape index (κ1) is 22.9. The van der Waals surface area contributed by atoms with Crippen molar-refractivity contribution in [2.24, 2.45) is 15.8 Å². The number of nitrogens with two attached hydrogens (primary N) is 1. The molecule has 10 nitrogen and oxygen atoms in total. The van der Waals surface area contributed by atoms with E-state index in [0.717, 1.165) is 12.3 Å². The summed E-state index contributed by atoms with van der Waals surface area (Å²) in [5.74, 6) is -2.51. The molecule has 0 fully saturated rings. The summed E-state index contributed by atoms with van der Waals surface area (Å²) < 4.78 is 26.9. The van der Waals surface area contributed by atoms with Crippen molar-refractivity contribution >= 4 is 46.8 Å². The van der Waals surface area contributed by atoms with Crippen LogP contribution in [0.15, 0.2) is 34.4 Å². The molecular weight excluding hydrogens is 449 g/mol. The van der Waals surface area contributed by atoms with Crippen LogP contribution in [0.5, 0.6) is 0 Å². The van der Waals surface area contributed by atoms with Gasteiger partial charge < -0.3 is 5.73 Å². The highest BCUT2D eigenvalue weighted by atomic mass is 35.5. The van der Waals surface area contributed by atoms with Gasteiger partial charge in [-0.1, -0.05) is 23.2 Å². The topological polar surface area (TPSA) is 149 Å². The van der Waals surface area contributed by atoms with E-state index in [4.69, 9.17) is 28.9 Å². The molecule has 30 heavy (non-hydrogen) atoms. The van der Waals surface area contributed by atoms with Crippen LogP contribution in [-0.2, 0) is 6.42 Å². The fourth-order valence-electron chi connectivity index (χ4n) is 2.39. The van der Waals surface area contributed by atoms with Crippen molar-refractivity contribution in [2.75, 3.05) is 6.54 Å². The lowest BCUT2D eigenvalue weighted by molar-refractivity contribution is -0.388. The van der Waals surface area contributed by atoms with E-state index in [1.807, 2.05) is 0 Å². The number of hydrazone groups is 1. The first-order chi connectivity index (χ1) is 14.1. The lowest BCUT2D eigenvalue weighted by atomic mass is 10.1. The Labute approximate surface area is 177 Å². The predicted molar refractivity (Wildman–Crippen MR) is 107 cm³/mol. The van der Waals surface area contributed by atoms with Crippen molar-refractivity contribution in [3.05, 3.63) is 77.3 Å². The van der Waals surface area contributed by atoms with Gasteiger partial charge in [-0.05, 0) is 24.6 Å². The molecule has 0 spiro atoms. The Kier molecular flexibility index (Phi) is 7.55. The summed E-state index contributed by atoms with van der Waals surface area (Å²) in [5, 5.41) is 25.7. The number of nitro benzene ring substituents is 2. The van der Waals surface area contributed by atoms with Gasteiger partial charge in [-0.25, -0.2) is 9.82 Å². The predicted octanol–water partition coefficient (Wildman–Crippen LogP) is 3.57. The Morgan fingerprint density at radius 2 is 1.80 bits per heavy atom. The van der Waals surface area contributed by atoms with Gasteiger partial charge in [0.15, 0.2) is 0 Å². The van der Waals surface area contributed by atoms with Gasteiger partial charge in [-0.2, -0.15) is 9.49 Å². The van der Waals surface area contributed by atoms with Gasteiger partial charge in [0.1, 0.15) is 10.8 Å². The summed E-state index contributed by atoms with van der Waals surface area (Å²) in [7, 11) is 0. The highest BCUT2D eigenvalue weighted by Gasteiger charge is 2.21. The van der Waals surface area contributed by atoms with E-state index < -0.39 is 32.9 Å². The van der Waals surface area contributed by atoms with E-state index in [2.05, 4.69) is 15.5 Å². The van der Waals surface area contributed by atoms with Crippen LogP contribution in [0.2, 0.25) is 10.0 Å². The fourth-order valence-corrected chi connectivity index (χ4v) is 2.97. The number of hydrogen-bond acceptors (Lipinski definition) is 6. The summed E-state index contributed by atoms with van der Waals surface area (Å²) in [5.41, 5.74) is 6.41. The van der Waals surface area contributed by atoms with Gasteiger partial charge in [-0.15, -0.1) is 0 Å². The van der Waals surface area contributed by atoms with Crippen molar-refractivity contribution in [3.8, 4) is 0 Å². The third kappa shape index (κ3) is 5.81. The zero-order valence-corrected chi connectivity index (χ0v) is 16.3.